The maximum atomic E-state index is 13.2. The molecule has 1 aliphatic heterocycles. The lowest BCUT2D eigenvalue weighted by Crippen LogP contribution is -3.08. The zero-order valence-corrected chi connectivity index (χ0v) is 17.9. The topological polar surface area (TPSA) is 59.6 Å². The third-order valence-electron chi connectivity index (χ3n) is 5.66. The van der Waals surface area contributed by atoms with E-state index in [0.29, 0.717) is 22.2 Å². The molecule has 0 spiro atoms. The number of quaternary nitrogens is 1. The average molecular weight is 434 g/mol. The molecule has 0 bridgehead atoms. The second-order valence-corrected chi connectivity index (χ2v) is 8.21. The largest absolute Gasteiger partial charge is 1.00 e. The van der Waals surface area contributed by atoms with Gasteiger partial charge >= 0.3 is 0 Å². The average Bonchev–Trinajstić information content (AvgIpc) is 2.90. The highest BCUT2D eigenvalue weighted by Crippen LogP contribution is 2.24. The fourth-order valence-electron chi connectivity index (χ4n) is 4.05. The van der Waals surface area contributed by atoms with E-state index in [-0.39, 0.29) is 29.8 Å². The van der Waals surface area contributed by atoms with E-state index < -0.39 is 0 Å². The predicted octanol–water partition coefficient (Wildman–Crippen LogP) is -0.410. The van der Waals surface area contributed by atoms with Crippen molar-refractivity contribution in [3.8, 4) is 5.75 Å². The van der Waals surface area contributed by atoms with Crippen molar-refractivity contribution in [2.75, 3.05) is 20.1 Å². The lowest BCUT2D eigenvalue weighted by atomic mass is 10.0. The van der Waals surface area contributed by atoms with Gasteiger partial charge in [-0.1, -0.05) is 23.7 Å². The highest BCUT2D eigenvalue weighted by atomic mass is 35.5. The molecular formula is C22H25Cl2N3O2. The SMILES string of the molecule is C[NH+]1CCCC(n2nc(Cc3ccc(Cl)cc3)c3cc(O)ccc3c2=O)CC1.[Cl-]. The summed E-state index contributed by atoms with van der Waals surface area (Å²) in [6, 6.07) is 12.7. The first-order chi connectivity index (χ1) is 13.5. The smallest absolute Gasteiger partial charge is 0.274 e. The van der Waals surface area contributed by atoms with Gasteiger partial charge in [-0.15, -0.1) is 0 Å². The highest BCUT2D eigenvalue weighted by molar-refractivity contribution is 6.30. The zero-order valence-electron chi connectivity index (χ0n) is 16.4. The summed E-state index contributed by atoms with van der Waals surface area (Å²) in [6.07, 6.45) is 3.58. The van der Waals surface area contributed by atoms with E-state index in [1.165, 1.54) is 4.90 Å². The molecule has 2 unspecified atom stereocenters. The number of fused-ring (bicyclic) bond motifs is 1. The Bertz CT molecular complexity index is 1050. The Balaban J connectivity index is 0.00000240. The van der Waals surface area contributed by atoms with Crippen LogP contribution in [0, 0.1) is 0 Å². The van der Waals surface area contributed by atoms with Gasteiger partial charge in [0.05, 0.1) is 37.3 Å². The molecule has 4 rings (SSSR count). The third-order valence-corrected chi connectivity index (χ3v) is 5.91. The molecule has 1 aliphatic rings. The number of hydrogen-bond donors (Lipinski definition) is 2. The highest BCUT2D eigenvalue weighted by Gasteiger charge is 2.22. The Labute approximate surface area is 181 Å². The lowest BCUT2D eigenvalue weighted by molar-refractivity contribution is -0.878. The van der Waals surface area contributed by atoms with E-state index in [1.807, 2.05) is 24.3 Å². The number of halogens is 2. The van der Waals surface area contributed by atoms with Crippen LogP contribution in [0.15, 0.2) is 47.3 Å². The molecule has 3 aromatic rings. The van der Waals surface area contributed by atoms with Gasteiger partial charge in [0.1, 0.15) is 5.75 Å². The van der Waals surface area contributed by atoms with Crippen LogP contribution in [0.25, 0.3) is 10.8 Å². The Hall–Kier alpha value is -2.08. The Morgan fingerprint density at radius 2 is 1.90 bits per heavy atom. The number of nitrogens with zero attached hydrogens (tertiary/aromatic N) is 2. The minimum atomic E-state index is -0.0700. The molecule has 1 aromatic heterocycles. The van der Waals surface area contributed by atoms with Crippen LogP contribution in [0.5, 0.6) is 5.75 Å². The van der Waals surface area contributed by atoms with Crippen molar-refractivity contribution in [3.05, 3.63) is 69.1 Å². The third kappa shape index (κ3) is 4.74. The number of benzene rings is 2. The van der Waals surface area contributed by atoms with Gasteiger partial charge in [-0.25, -0.2) is 4.68 Å². The van der Waals surface area contributed by atoms with Crippen molar-refractivity contribution in [1.29, 1.82) is 0 Å². The van der Waals surface area contributed by atoms with Crippen molar-refractivity contribution in [3.63, 3.8) is 0 Å². The first-order valence-electron chi connectivity index (χ1n) is 9.81. The van der Waals surface area contributed by atoms with Gasteiger partial charge in [0.15, 0.2) is 0 Å². The van der Waals surface area contributed by atoms with Crippen molar-refractivity contribution >= 4 is 22.4 Å². The Morgan fingerprint density at radius 1 is 1.14 bits per heavy atom. The molecule has 1 fully saturated rings. The molecule has 2 heterocycles. The molecule has 2 aromatic carbocycles. The number of aromatic hydroxyl groups is 1. The van der Waals surface area contributed by atoms with Crippen LogP contribution in [0.4, 0.5) is 0 Å². The molecule has 0 aliphatic carbocycles. The van der Waals surface area contributed by atoms with Crippen LogP contribution < -0.4 is 22.9 Å². The molecular weight excluding hydrogens is 409 g/mol. The fraction of sp³-hybridized carbons (Fsp3) is 0.364. The van der Waals surface area contributed by atoms with Gasteiger partial charge < -0.3 is 22.4 Å². The Kier molecular flexibility index (Phi) is 6.83. The minimum Gasteiger partial charge on any atom is -1.00 e. The van der Waals surface area contributed by atoms with E-state index in [9.17, 15) is 9.90 Å². The summed E-state index contributed by atoms with van der Waals surface area (Å²) in [6.45, 7) is 2.17. The van der Waals surface area contributed by atoms with Crippen molar-refractivity contribution in [2.24, 2.45) is 0 Å². The molecule has 1 saturated heterocycles. The summed E-state index contributed by atoms with van der Waals surface area (Å²) < 4.78 is 1.70. The second-order valence-electron chi connectivity index (χ2n) is 7.77. The van der Waals surface area contributed by atoms with E-state index in [0.717, 1.165) is 43.6 Å². The van der Waals surface area contributed by atoms with Crippen molar-refractivity contribution < 1.29 is 22.4 Å². The van der Waals surface area contributed by atoms with E-state index in [2.05, 4.69) is 7.05 Å². The van der Waals surface area contributed by atoms with Gasteiger partial charge in [0, 0.05) is 23.3 Å². The quantitative estimate of drug-likeness (QED) is 0.590. The molecule has 0 saturated carbocycles. The van der Waals surface area contributed by atoms with Gasteiger partial charge in [-0.3, -0.25) is 4.79 Å². The van der Waals surface area contributed by atoms with Gasteiger partial charge in [0.25, 0.3) is 5.56 Å². The molecule has 2 atom stereocenters. The first kappa shape index (κ1) is 21.6. The monoisotopic (exact) mass is 433 g/mol. The van der Waals surface area contributed by atoms with Gasteiger partial charge in [-0.05, 0) is 48.7 Å². The zero-order chi connectivity index (χ0) is 19.7. The molecule has 0 radical (unpaired) electrons. The van der Waals surface area contributed by atoms with Crippen LogP contribution in [0.2, 0.25) is 5.02 Å². The summed E-state index contributed by atoms with van der Waals surface area (Å²) in [7, 11) is 2.20. The molecule has 7 heteroatoms. The fourth-order valence-corrected chi connectivity index (χ4v) is 4.18. The maximum absolute atomic E-state index is 13.2. The summed E-state index contributed by atoms with van der Waals surface area (Å²) in [5, 5.41) is 16.8. The molecule has 2 N–H and O–H groups in total. The van der Waals surface area contributed by atoms with Crippen LogP contribution in [0.3, 0.4) is 0 Å². The summed E-state index contributed by atoms with van der Waals surface area (Å²) >= 11 is 6.01. The summed E-state index contributed by atoms with van der Waals surface area (Å²) in [4.78, 5) is 14.7. The number of nitrogens with one attached hydrogen (secondary N) is 1. The van der Waals surface area contributed by atoms with Crippen LogP contribution in [0.1, 0.15) is 36.6 Å². The normalized spacial score (nSPS) is 19.5. The number of phenols is 1. The van der Waals surface area contributed by atoms with Crippen LogP contribution in [-0.4, -0.2) is 35.0 Å². The number of rotatable bonds is 3. The van der Waals surface area contributed by atoms with E-state index >= 15 is 0 Å². The number of likely N-dealkylation sites (tertiary alicyclic amines) is 1. The summed E-state index contributed by atoms with van der Waals surface area (Å²) in [5.41, 5.74) is 1.80. The van der Waals surface area contributed by atoms with Gasteiger partial charge in [0.2, 0.25) is 0 Å². The van der Waals surface area contributed by atoms with Crippen molar-refractivity contribution in [1.82, 2.24) is 9.78 Å². The number of hydrogen-bond acceptors (Lipinski definition) is 3. The maximum Gasteiger partial charge on any atom is 0.274 e. The molecule has 154 valence electrons. The number of aromatic nitrogens is 2. The van der Waals surface area contributed by atoms with Gasteiger partial charge in [-0.2, -0.15) is 5.10 Å². The van der Waals surface area contributed by atoms with Crippen LogP contribution in [-0.2, 0) is 6.42 Å². The Morgan fingerprint density at radius 3 is 2.66 bits per heavy atom. The van der Waals surface area contributed by atoms with Crippen molar-refractivity contribution in [2.45, 2.75) is 31.7 Å². The van der Waals surface area contributed by atoms with Crippen LogP contribution >= 0.6 is 11.6 Å². The minimum absolute atomic E-state index is 0. The van der Waals surface area contributed by atoms with E-state index in [1.54, 1.807) is 22.9 Å². The summed E-state index contributed by atoms with van der Waals surface area (Å²) in [5.74, 6) is 0.142. The first-order valence-corrected chi connectivity index (χ1v) is 10.2. The van der Waals surface area contributed by atoms with E-state index in [4.69, 9.17) is 16.7 Å². The molecule has 5 nitrogen and oxygen atoms in total. The molecule has 29 heavy (non-hydrogen) atoms. The molecule has 0 amide bonds. The standard InChI is InChI=1S/C22H24ClN3O2.ClH/c1-25-11-2-3-17(10-12-25)26-22(28)19-9-8-18(27)14-20(19)21(24-26)13-15-4-6-16(23)7-5-15;/h4-9,14,17,27H,2-3,10-13H2,1H3;1H. The number of phenolic OH excluding ortho intramolecular Hbond substituents is 1. The predicted molar refractivity (Wildman–Crippen MR) is 111 cm³/mol. The lowest BCUT2D eigenvalue weighted by Gasteiger charge is -2.18. The second kappa shape index (κ2) is 9.16.